The molecule has 2 atom stereocenters. The van der Waals surface area contributed by atoms with E-state index >= 15 is 0 Å². The molecule has 2 aliphatic heterocycles. The Balaban J connectivity index is 1.52. The molecule has 0 unspecified atom stereocenters. The van der Waals surface area contributed by atoms with Crippen LogP contribution in [-0.2, 0) is 16.5 Å². The second-order valence-electron chi connectivity index (χ2n) is 6.98. The number of carbonyl (C=O) groups excluding carboxylic acids is 1. The molecule has 1 N–H and O–H groups in total. The number of urea groups is 1. The summed E-state index contributed by atoms with van der Waals surface area (Å²) in [7, 11) is 1.91. The first-order chi connectivity index (χ1) is 11.5. The monoisotopic (exact) mass is 337 g/mol. The minimum atomic E-state index is -0.515. The van der Waals surface area contributed by atoms with E-state index in [1.165, 1.54) is 0 Å². The molecule has 2 aliphatic rings. The average molecular weight is 337 g/mol. The minimum absolute atomic E-state index is 0.00632. The molecular formula is C16H27N5O3. The number of nitrogens with one attached hydrogen (secondary N) is 1. The summed E-state index contributed by atoms with van der Waals surface area (Å²) in [5.74, 6) is 0.600. The van der Waals surface area contributed by atoms with E-state index in [2.05, 4.69) is 22.4 Å². The number of amides is 2. The van der Waals surface area contributed by atoms with Gasteiger partial charge in [-0.2, -0.15) is 0 Å². The fraction of sp³-hybridized carbons (Fsp3) is 0.812. The molecule has 1 aromatic heterocycles. The number of hydrogen-bond acceptors (Lipinski definition) is 5. The molecule has 8 heteroatoms. The first-order valence-electron chi connectivity index (χ1n) is 8.65. The van der Waals surface area contributed by atoms with Crippen molar-refractivity contribution in [2.45, 2.75) is 44.9 Å². The molecule has 8 nitrogen and oxygen atoms in total. The van der Waals surface area contributed by atoms with Crippen molar-refractivity contribution in [1.29, 1.82) is 0 Å². The summed E-state index contributed by atoms with van der Waals surface area (Å²) in [6, 6.07) is -0.0300. The minimum Gasteiger partial charge on any atom is -0.348 e. The molecule has 3 rings (SSSR count). The van der Waals surface area contributed by atoms with Crippen LogP contribution in [0.4, 0.5) is 4.79 Å². The fourth-order valence-electron chi connectivity index (χ4n) is 3.61. The van der Waals surface area contributed by atoms with Crippen LogP contribution in [0, 0.1) is 5.92 Å². The van der Waals surface area contributed by atoms with Crippen molar-refractivity contribution in [3.8, 4) is 0 Å². The van der Waals surface area contributed by atoms with Crippen molar-refractivity contribution in [3.05, 3.63) is 12.2 Å². The topological polar surface area (TPSA) is 81.5 Å². The Kier molecular flexibility index (Phi) is 5.05. The van der Waals surface area contributed by atoms with Crippen LogP contribution in [0.1, 0.15) is 45.0 Å². The molecule has 0 aliphatic carbocycles. The number of hydrogen-bond donors (Lipinski definition) is 1. The highest BCUT2D eigenvalue weighted by molar-refractivity contribution is 5.75. The molecule has 2 amide bonds. The van der Waals surface area contributed by atoms with Gasteiger partial charge in [0.2, 0.25) is 0 Å². The summed E-state index contributed by atoms with van der Waals surface area (Å²) in [5, 5.41) is 11.1. The zero-order chi connectivity index (χ0) is 17.2. The Labute approximate surface area is 142 Å². The second-order valence-corrected chi connectivity index (χ2v) is 6.98. The lowest BCUT2D eigenvalue weighted by Crippen LogP contribution is -2.42. The number of aromatic nitrogens is 3. The largest absolute Gasteiger partial charge is 0.348 e. The van der Waals surface area contributed by atoms with Gasteiger partial charge in [-0.1, -0.05) is 6.92 Å². The van der Waals surface area contributed by atoms with E-state index in [4.69, 9.17) is 9.47 Å². The Bertz CT molecular complexity index is 570. The maximum absolute atomic E-state index is 12.6. The lowest BCUT2D eigenvalue weighted by Gasteiger charge is -2.28. The van der Waals surface area contributed by atoms with E-state index in [-0.39, 0.29) is 18.0 Å². The number of ether oxygens (including phenoxy) is 2. The van der Waals surface area contributed by atoms with Crippen LogP contribution >= 0.6 is 0 Å². The van der Waals surface area contributed by atoms with Crippen molar-refractivity contribution in [3.63, 3.8) is 0 Å². The van der Waals surface area contributed by atoms with Gasteiger partial charge in [0.15, 0.2) is 11.6 Å². The highest BCUT2D eigenvalue weighted by Crippen LogP contribution is 2.30. The van der Waals surface area contributed by atoms with Gasteiger partial charge in [0, 0.05) is 26.6 Å². The van der Waals surface area contributed by atoms with Gasteiger partial charge in [-0.3, -0.25) is 0 Å². The Morgan fingerprint density at radius 3 is 2.92 bits per heavy atom. The smallest absolute Gasteiger partial charge is 0.318 e. The normalized spacial score (nSPS) is 24.3. The van der Waals surface area contributed by atoms with Gasteiger partial charge in [0.05, 0.1) is 19.3 Å². The van der Waals surface area contributed by atoms with Gasteiger partial charge in [-0.25, -0.2) is 4.79 Å². The molecule has 0 radical (unpaired) electrons. The molecule has 2 fully saturated rings. The second kappa shape index (κ2) is 7.06. The Morgan fingerprint density at radius 2 is 2.25 bits per heavy atom. The van der Waals surface area contributed by atoms with Crippen LogP contribution in [0.3, 0.4) is 0 Å². The summed E-state index contributed by atoms with van der Waals surface area (Å²) in [5.41, 5.74) is 0. The zero-order valence-corrected chi connectivity index (χ0v) is 14.7. The van der Waals surface area contributed by atoms with Crippen LogP contribution < -0.4 is 5.32 Å². The van der Waals surface area contributed by atoms with E-state index in [0.717, 1.165) is 31.6 Å². The van der Waals surface area contributed by atoms with Crippen LogP contribution in [0.5, 0.6) is 0 Å². The van der Waals surface area contributed by atoms with Crippen LogP contribution in [0.15, 0.2) is 6.33 Å². The number of nitrogens with zero attached hydrogens (tertiary/aromatic N) is 4. The maximum atomic E-state index is 12.6. The number of aryl methyl sites for hydroxylation is 1. The van der Waals surface area contributed by atoms with E-state index in [1.807, 2.05) is 23.4 Å². The van der Waals surface area contributed by atoms with Crippen molar-refractivity contribution < 1.29 is 14.3 Å². The van der Waals surface area contributed by atoms with Crippen LogP contribution in [0.2, 0.25) is 0 Å². The van der Waals surface area contributed by atoms with Gasteiger partial charge in [-0.05, 0) is 25.7 Å². The molecule has 0 spiro atoms. The summed E-state index contributed by atoms with van der Waals surface area (Å²) < 4.78 is 13.2. The molecule has 0 saturated carbocycles. The molecule has 3 heterocycles. The van der Waals surface area contributed by atoms with Crippen LogP contribution in [0.25, 0.3) is 0 Å². The highest BCUT2D eigenvalue weighted by atomic mass is 16.7. The molecule has 0 bridgehead atoms. The summed E-state index contributed by atoms with van der Waals surface area (Å²) in [6.07, 6.45) is 4.35. The Hall–Kier alpha value is -1.67. The van der Waals surface area contributed by atoms with Crippen molar-refractivity contribution in [2.24, 2.45) is 13.0 Å². The molecule has 1 aromatic rings. The standard InChI is InChI=1S/C16H27N5O3/c1-12(9-16(2)23-7-8-24-16)10-17-15(22)21-6-4-5-13(21)14-19-18-11-20(14)3/h11-13H,4-10H2,1-3H3,(H,17,22)/t12-,13-/m0/s1. The third-order valence-corrected chi connectivity index (χ3v) is 4.78. The summed E-state index contributed by atoms with van der Waals surface area (Å²) >= 11 is 0. The van der Waals surface area contributed by atoms with Gasteiger partial charge in [-0.15, -0.1) is 10.2 Å². The van der Waals surface area contributed by atoms with E-state index in [0.29, 0.717) is 19.8 Å². The SMILES string of the molecule is C[C@H](CNC(=O)N1CCC[C@H]1c1nncn1C)CC1(C)OCCO1. The number of likely N-dealkylation sites (tertiary alicyclic amines) is 1. The first-order valence-corrected chi connectivity index (χ1v) is 8.65. The van der Waals surface area contributed by atoms with Crippen LogP contribution in [-0.4, -0.2) is 57.8 Å². The lowest BCUT2D eigenvalue weighted by molar-refractivity contribution is -0.153. The van der Waals surface area contributed by atoms with Crippen molar-refractivity contribution in [2.75, 3.05) is 26.3 Å². The molecule has 134 valence electrons. The predicted molar refractivity (Wildman–Crippen MR) is 87.2 cm³/mol. The predicted octanol–water partition coefficient (Wildman–Crippen LogP) is 1.45. The number of carbonyl (C=O) groups is 1. The van der Waals surface area contributed by atoms with Crippen molar-refractivity contribution >= 4 is 6.03 Å². The van der Waals surface area contributed by atoms with Gasteiger partial charge in [0.25, 0.3) is 0 Å². The molecule has 2 saturated heterocycles. The Morgan fingerprint density at radius 1 is 1.50 bits per heavy atom. The fourth-order valence-corrected chi connectivity index (χ4v) is 3.61. The lowest BCUT2D eigenvalue weighted by atomic mass is 10.0. The third-order valence-electron chi connectivity index (χ3n) is 4.78. The quantitative estimate of drug-likeness (QED) is 0.879. The summed E-state index contributed by atoms with van der Waals surface area (Å²) in [4.78, 5) is 14.4. The highest BCUT2D eigenvalue weighted by Gasteiger charge is 2.35. The number of rotatable bonds is 5. The van der Waals surface area contributed by atoms with E-state index in [1.54, 1.807) is 6.33 Å². The molecule has 24 heavy (non-hydrogen) atoms. The first kappa shape index (κ1) is 17.2. The van der Waals surface area contributed by atoms with Gasteiger partial charge in [0.1, 0.15) is 6.33 Å². The molecular weight excluding hydrogens is 310 g/mol. The third kappa shape index (κ3) is 3.70. The maximum Gasteiger partial charge on any atom is 0.318 e. The zero-order valence-electron chi connectivity index (χ0n) is 14.7. The van der Waals surface area contributed by atoms with Gasteiger partial charge >= 0.3 is 6.03 Å². The van der Waals surface area contributed by atoms with Crippen molar-refractivity contribution in [1.82, 2.24) is 25.0 Å². The molecule has 0 aromatic carbocycles. The summed E-state index contributed by atoms with van der Waals surface area (Å²) in [6.45, 7) is 6.69. The average Bonchev–Trinajstić information content (AvgIpc) is 3.25. The van der Waals surface area contributed by atoms with E-state index < -0.39 is 5.79 Å². The van der Waals surface area contributed by atoms with E-state index in [9.17, 15) is 4.79 Å². The van der Waals surface area contributed by atoms with Gasteiger partial charge < -0.3 is 24.3 Å².